The summed E-state index contributed by atoms with van der Waals surface area (Å²) in [6.45, 7) is 5.02. The van der Waals surface area contributed by atoms with Gasteiger partial charge in [0.1, 0.15) is 0 Å². The lowest BCUT2D eigenvalue weighted by Crippen LogP contribution is -2.32. The molecule has 0 saturated carbocycles. The Kier molecular flexibility index (Phi) is 3.28. The number of amides is 1. The highest BCUT2D eigenvalue weighted by Crippen LogP contribution is 2.37. The maximum Gasteiger partial charge on any atom is 0.224 e. The van der Waals surface area contributed by atoms with Gasteiger partial charge in [-0.25, -0.2) is 0 Å². The van der Waals surface area contributed by atoms with Crippen molar-refractivity contribution in [2.24, 2.45) is 5.92 Å². The van der Waals surface area contributed by atoms with Gasteiger partial charge in [0.05, 0.1) is 0 Å². The van der Waals surface area contributed by atoms with Crippen molar-refractivity contribution in [3.05, 3.63) is 35.4 Å². The van der Waals surface area contributed by atoms with E-state index in [-0.39, 0.29) is 11.8 Å². The minimum atomic E-state index is 0.129. The molecule has 1 aromatic rings. The van der Waals surface area contributed by atoms with Gasteiger partial charge >= 0.3 is 0 Å². The molecular formula is C14H19NO. The number of fused-ring (bicyclic) bond motifs is 1. The Bertz CT molecular complexity index is 386. The summed E-state index contributed by atoms with van der Waals surface area (Å²) in [6.07, 6.45) is 1.90. The highest BCUT2D eigenvalue weighted by molar-refractivity contribution is 5.81. The van der Waals surface area contributed by atoms with Gasteiger partial charge in [0.2, 0.25) is 5.91 Å². The molecule has 0 aliphatic heterocycles. The lowest BCUT2D eigenvalue weighted by molar-refractivity contribution is -0.125. The maximum absolute atomic E-state index is 12.0. The Hall–Kier alpha value is -1.31. The second kappa shape index (κ2) is 4.69. The van der Waals surface area contributed by atoms with Crippen LogP contribution in [0, 0.1) is 5.92 Å². The molecule has 0 fully saturated rings. The molecule has 2 rings (SSSR count). The average molecular weight is 217 g/mol. The molecule has 1 amide bonds. The molecule has 1 aliphatic carbocycles. The Morgan fingerprint density at radius 1 is 1.44 bits per heavy atom. The summed E-state index contributed by atoms with van der Waals surface area (Å²) in [5.41, 5.74) is 2.69. The van der Waals surface area contributed by atoms with Crippen molar-refractivity contribution in [3.8, 4) is 0 Å². The zero-order valence-corrected chi connectivity index (χ0v) is 9.99. The van der Waals surface area contributed by atoms with Gasteiger partial charge in [0, 0.05) is 12.5 Å². The molecule has 0 radical (unpaired) electrons. The molecule has 0 heterocycles. The van der Waals surface area contributed by atoms with Crippen LogP contribution in [0.1, 0.15) is 37.3 Å². The van der Waals surface area contributed by atoms with Gasteiger partial charge in [-0.1, -0.05) is 38.1 Å². The smallest absolute Gasteiger partial charge is 0.224 e. The van der Waals surface area contributed by atoms with Crippen LogP contribution in [0.15, 0.2) is 24.3 Å². The first-order chi connectivity index (χ1) is 7.74. The summed E-state index contributed by atoms with van der Waals surface area (Å²) in [6, 6.07) is 8.39. The van der Waals surface area contributed by atoms with Crippen molar-refractivity contribution in [1.29, 1.82) is 0 Å². The Morgan fingerprint density at radius 3 is 2.88 bits per heavy atom. The van der Waals surface area contributed by atoms with Gasteiger partial charge in [-0.05, 0) is 29.9 Å². The van der Waals surface area contributed by atoms with Crippen molar-refractivity contribution in [2.75, 3.05) is 6.54 Å². The first kappa shape index (κ1) is 11.2. The van der Waals surface area contributed by atoms with E-state index >= 15 is 0 Å². The summed E-state index contributed by atoms with van der Waals surface area (Å²) in [5.74, 6) is 0.697. The molecular weight excluding hydrogens is 198 g/mol. The number of carbonyl (C=O) groups excluding carboxylic acids is 1. The fourth-order valence-electron chi connectivity index (χ4n) is 2.49. The SMILES string of the molecule is CCCNC(=O)[C@@H]1Cc2ccccc2[C@@H]1C. The van der Waals surface area contributed by atoms with Crippen molar-refractivity contribution in [2.45, 2.75) is 32.6 Å². The van der Waals surface area contributed by atoms with Crippen LogP contribution in [0.3, 0.4) is 0 Å². The number of carbonyl (C=O) groups is 1. The average Bonchev–Trinajstić information content (AvgIpc) is 2.64. The van der Waals surface area contributed by atoms with Crippen molar-refractivity contribution < 1.29 is 4.79 Å². The standard InChI is InChI=1S/C14H19NO/c1-3-8-15-14(16)13-9-11-6-4-5-7-12(11)10(13)2/h4-7,10,13H,3,8-9H2,1-2H3,(H,15,16)/t10-,13+/m0/s1. The zero-order valence-electron chi connectivity index (χ0n) is 9.99. The van der Waals surface area contributed by atoms with Crippen LogP contribution in [0.25, 0.3) is 0 Å². The van der Waals surface area contributed by atoms with E-state index in [0.717, 1.165) is 19.4 Å². The molecule has 1 aliphatic rings. The van der Waals surface area contributed by atoms with Gasteiger partial charge in [-0.15, -0.1) is 0 Å². The van der Waals surface area contributed by atoms with E-state index in [4.69, 9.17) is 0 Å². The molecule has 2 nitrogen and oxygen atoms in total. The topological polar surface area (TPSA) is 29.1 Å². The second-order valence-electron chi connectivity index (χ2n) is 4.59. The molecule has 86 valence electrons. The summed E-state index contributed by atoms with van der Waals surface area (Å²) in [7, 11) is 0. The molecule has 2 atom stereocenters. The quantitative estimate of drug-likeness (QED) is 0.828. The van der Waals surface area contributed by atoms with Crippen molar-refractivity contribution >= 4 is 5.91 Å². The van der Waals surface area contributed by atoms with Gasteiger partial charge in [0.25, 0.3) is 0 Å². The summed E-state index contributed by atoms with van der Waals surface area (Å²) >= 11 is 0. The Morgan fingerprint density at radius 2 is 2.19 bits per heavy atom. The molecule has 2 heteroatoms. The lowest BCUT2D eigenvalue weighted by atomic mass is 9.94. The Balaban J connectivity index is 2.09. The third-order valence-electron chi connectivity index (χ3n) is 3.48. The van der Waals surface area contributed by atoms with Crippen molar-refractivity contribution in [1.82, 2.24) is 5.32 Å². The summed E-state index contributed by atoms with van der Waals surface area (Å²) in [4.78, 5) is 12.0. The number of hydrogen-bond acceptors (Lipinski definition) is 1. The van der Waals surface area contributed by atoms with Crippen LogP contribution < -0.4 is 5.32 Å². The van der Waals surface area contributed by atoms with E-state index in [0.29, 0.717) is 5.92 Å². The summed E-state index contributed by atoms with van der Waals surface area (Å²) < 4.78 is 0. The fourth-order valence-corrected chi connectivity index (χ4v) is 2.49. The molecule has 1 N–H and O–H groups in total. The number of rotatable bonds is 3. The monoisotopic (exact) mass is 217 g/mol. The predicted octanol–water partition coefficient (Wildman–Crippen LogP) is 2.49. The van der Waals surface area contributed by atoms with Crippen LogP contribution in [0.4, 0.5) is 0 Å². The normalized spacial score (nSPS) is 22.9. The number of nitrogens with one attached hydrogen (secondary N) is 1. The number of hydrogen-bond donors (Lipinski definition) is 1. The first-order valence-electron chi connectivity index (χ1n) is 6.09. The highest BCUT2D eigenvalue weighted by atomic mass is 16.1. The molecule has 0 saturated heterocycles. The van der Waals surface area contributed by atoms with E-state index in [1.54, 1.807) is 0 Å². The number of benzene rings is 1. The third-order valence-corrected chi connectivity index (χ3v) is 3.48. The van der Waals surface area contributed by atoms with E-state index < -0.39 is 0 Å². The van der Waals surface area contributed by atoms with Gasteiger partial charge in [-0.2, -0.15) is 0 Å². The van der Waals surface area contributed by atoms with E-state index in [1.165, 1.54) is 11.1 Å². The maximum atomic E-state index is 12.0. The lowest BCUT2D eigenvalue weighted by Gasteiger charge is -2.15. The van der Waals surface area contributed by atoms with Crippen LogP contribution in [0.2, 0.25) is 0 Å². The minimum Gasteiger partial charge on any atom is -0.356 e. The molecule has 16 heavy (non-hydrogen) atoms. The van der Waals surface area contributed by atoms with E-state index in [9.17, 15) is 4.79 Å². The van der Waals surface area contributed by atoms with Gasteiger partial charge < -0.3 is 5.32 Å². The van der Waals surface area contributed by atoms with Crippen LogP contribution in [-0.4, -0.2) is 12.5 Å². The predicted molar refractivity (Wildman–Crippen MR) is 65.4 cm³/mol. The molecule has 1 aromatic carbocycles. The van der Waals surface area contributed by atoms with Crippen LogP contribution in [-0.2, 0) is 11.2 Å². The molecule has 0 aromatic heterocycles. The fraction of sp³-hybridized carbons (Fsp3) is 0.500. The van der Waals surface area contributed by atoms with E-state index in [1.807, 2.05) is 0 Å². The molecule has 0 bridgehead atoms. The van der Waals surface area contributed by atoms with Crippen molar-refractivity contribution in [3.63, 3.8) is 0 Å². The third kappa shape index (κ3) is 1.97. The van der Waals surface area contributed by atoms with Crippen LogP contribution >= 0.6 is 0 Å². The zero-order chi connectivity index (χ0) is 11.5. The summed E-state index contributed by atoms with van der Waals surface area (Å²) in [5, 5.41) is 3.00. The molecule has 0 unspecified atom stereocenters. The first-order valence-corrected chi connectivity index (χ1v) is 6.09. The highest BCUT2D eigenvalue weighted by Gasteiger charge is 2.33. The minimum absolute atomic E-state index is 0.129. The van der Waals surface area contributed by atoms with Gasteiger partial charge in [-0.3, -0.25) is 4.79 Å². The van der Waals surface area contributed by atoms with E-state index in [2.05, 4.69) is 43.4 Å². The Labute approximate surface area is 97.1 Å². The largest absolute Gasteiger partial charge is 0.356 e. The second-order valence-corrected chi connectivity index (χ2v) is 4.59. The molecule has 0 spiro atoms. The van der Waals surface area contributed by atoms with Gasteiger partial charge in [0.15, 0.2) is 0 Å². The van der Waals surface area contributed by atoms with Crippen LogP contribution in [0.5, 0.6) is 0 Å².